The molecule has 0 heterocycles. The minimum Gasteiger partial charge on any atom is -0.207 e. The van der Waals surface area contributed by atoms with Crippen LogP contribution < -0.4 is 0 Å². The van der Waals surface area contributed by atoms with E-state index >= 15 is 0 Å². The molecule has 1 aromatic rings. The smallest absolute Gasteiger partial charge is 0.207 e. The van der Waals surface area contributed by atoms with Crippen LogP contribution in [0.1, 0.15) is 31.9 Å². The molecule has 4 heteroatoms. The highest BCUT2D eigenvalue weighted by molar-refractivity contribution is 5.31. The molecule has 0 radical (unpaired) electrons. The largest absolute Gasteiger partial charge is 0.416 e. The summed E-state index contributed by atoms with van der Waals surface area (Å²) in [5.41, 5.74) is -1.09. The Bertz CT molecular complexity index is 326. The molecule has 84 valence electrons. The Morgan fingerprint density at radius 1 is 0.867 bits per heavy atom. The van der Waals surface area contributed by atoms with Crippen molar-refractivity contribution < 1.29 is 17.6 Å². The van der Waals surface area contributed by atoms with Crippen LogP contribution in [-0.2, 0) is 11.6 Å². The first-order valence-corrected chi connectivity index (χ1v) is 4.49. The lowest BCUT2D eigenvalue weighted by Gasteiger charge is -2.20. The molecule has 0 unspecified atom stereocenters. The van der Waals surface area contributed by atoms with E-state index in [0.29, 0.717) is 11.6 Å². The number of hydrogen-bond donors (Lipinski definition) is 0. The van der Waals surface area contributed by atoms with Gasteiger partial charge in [0.1, 0.15) is 5.82 Å². The quantitative estimate of drug-likeness (QED) is 0.576. The molecule has 0 aliphatic rings. The van der Waals surface area contributed by atoms with E-state index in [1.54, 1.807) is 20.8 Å². The average Bonchev–Trinajstić information content (AvgIpc) is 1.99. The Morgan fingerprint density at radius 3 is 1.73 bits per heavy atom. The maximum Gasteiger partial charge on any atom is 0.416 e. The van der Waals surface area contributed by atoms with Gasteiger partial charge in [0.15, 0.2) is 0 Å². The summed E-state index contributed by atoms with van der Waals surface area (Å²) < 4.78 is 50.1. The lowest BCUT2D eigenvalue weighted by atomic mass is 9.86. The minimum atomic E-state index is -4.50. The molecule has 0 N–H and O–H groups in total. The predicted octanol–water partition coefficient (Wildman–Crippen LogP) is 4.14. The van der Waals surface area contributed by atoms with Gasteiger partial charge in [-0.3, -0.25) is 0 Å². The minimum absolute atomic E-state index is 0.342. The maximum atomic E-state index is 13.0. The van der Waals surface area contributed by atoms with Crippen molar-refractivity contribution in [3.8, 4) is 0 Å². The van der Waals surface area contributed by atoms with Crippen molar-refractivity contribution in [3.05, 3.63) is 35.1 Å². The van der Waals surface area contributed by atoms with Crippen LogP contribution in [0.5, 0.6) is 0 Å². The van der Waals surface area contributed by atoms with Crippen molar-refractivity contribution in [1.82, 2.24) is 0 Å². The number of halogens is 4. The molecule has 0 nitrogen and oxygen atoms in total. The molecule has 0 aliphatic heterocycles. The van der Waals surface area contributed by atoms with Gasteiger partial charge in [-0.15, -0.1) is 0 Å². The molecule has 0 aromatic heterocycles. The van der Waals surface area contributed by atoms with Crippen LogP contribution in [0.15, 0.2) is 18.2 Å². The Morgan fingerprint density at radius 2 is 1.33 bits per heavy atom. The van der Waals surface area contributed by atoms with Gasteiger partial charge in [0.2, 0.25) is 0 Å². The van der Waals surface area contributed by atoms with E-state index in [-0.39, 0.29) is 0 Å². The van der Waals surface area contributed by atoms with Gasteiger partial charge in [0, 0.05) is 0 Å². The van der Waals surface area contributed by atoms with Crippen LogP contribution in [0.25, 0.3) is 0 Å². The van der Waals surface area contributed by atoms with Crippen LogP contribution in [0.2, 0.25) is 0 Å². The zero-order valence-corrected chi connectivity index (χ0v) is 8.74. The molecular weight excluding hydrogens is 208 g/mol. The van der Waals surface area contributed by atoms with Crippen LogP contribution >= 0.6 is 0 Å². The molecule has 0 bridgehead atoms. The molecule has 15 heavy (non-hydrogen) atoms. The summed E-state index contributed by atoms with van der Waals surface area (Å²) in [6.07, 6.45) is -4.50. The Hall–Kier alpha value is -1.06. The maximum absolute atomic E-state index is 13.0. The highest BCUT2D eigenvalue weighted by Crippen LogP contribution is 2.33. The highest BCUT2D eigenvalue weighted by Gasteiger charge is 2.32. The van der Waals surface area contributed by atoms with Gasteiger partial charge < -0.3 is 0 Å². The van der Waals surface area contributed by atoms with E-state index in [1.165, 1.54) is 0 Å². The normalized spacial score (nSPS) is 13.0. The summed E-state index contributed by atoms with van der Waals surface area (Å²) in [7, 11) is 0. The van der Waals surface area contributed by atoms with Crippen molar-refractivity contribution in [1.29, 1.82) is 0 Å². The SMILES string of the molecule is CC(C)(C)c1cc(F)cc(C(F)(F)F)c1. The highest BCUT2D eigenvalue weighted by atomic mass is 19.4. The lowest BCUT2D eigenvalue weighted by Crippen LogP contribution is -2.14. The summed E-state index contributed by atoms with van der Waals surface area (Å²) in [5.74, 6) is -0.852. The predicted molar refractivity (Wildman–Crippen MR) is 50.1 cm³/mol. The second-order valence-electron chi connectivity index (χ2n) is 4.48. The summed E-state index contributed by atoms with van der Waals surface area (Å²) >= 11 is 0. The van der Waals surface area contributed by atoms with Gasteiger partial charge >= 0.3 is 6.18 Å². The molecule has 0 atom stereocenters. The summed E-state index contributed by atoms with van der Waals surface area (Å²) in [4.78, 5) is 0. The van der Waals surface area contributed by atoms with E-state index in [4.69, 9.17) is 0 Å². The topological polar surface area (TPSA) is 0 Å². The van der Waals surface area contributed by atoms with Gasteiger partial charge in [-0.1, -0.05) is 20.8 Å². The molecule has 0 saturated heterocycles. The number of benzene rings is 1. The third-order valence-electron chi connectivity index (χ3n) is 2.09. The molecule has 0 spiro atoms. The van der Waals surface area contributed by atoms with Gasteiger partial charge in [0.25, 0.3) is 0 Å². The van der Waals surface area contributed by atoms with Crippen molar-refractivity contribution >= 4 is 0 Å². The van der Waals surface area contributed by atoms with Gasteiger partial charge in [-0.2, -0.15) is 13.2 Å². The van der Waals surface area contributed by atoms with E-state index < -0.39 is 23.0 Å². The fourth-order valence-electron chi connectivity index (χ4n) is 1.19. The second kappa shape index (κ2) is 3.51. The summed E-state index contributed by atoms with van der Waals surface area (Å²) in [6, 6.07) is 2.63. The molecule has 1 aromatic carbocycles. The third-order valence-corrected chi connectivity index (χ3v) is 2.09. The van der Waals surface area contributed by atoms with E-state index in [9.17, 15) is 17.6 Å². The van der Waals surface area contributed by atoms with Gasteiger partial charge in [0.05, 0.1) is 5.56 Å². The van der Waals surface area contributed by atoms with Gasteiger partial charge in [-0.05, 0) is 29.2 Å². The van der Waals surface area contributed by atoms with Gasteiger partial charge in [-0.25, -0.2) is 4.39 Å². The number of rotatable bonds is 0. The van der Waals surface area contributed by atoms with Crippen LogP contribution in [0, 0.1) is 5.82 Å². The third kappa shape index (κ3) is 2.94. The second-order valence-corrected chi connectivity index (χ2v) is 4.48. The fourth-order valence-corrected chi connectivity index (χ4v) is 1.19. The molecule has 0 fully saturated rings. The first-order valence-electron chi connectivity index (χ1n) is 4.49. The van der Waals surface area contributed by atoms with E-state index in [1.807, 2.05) is 0 Å². The number of alkyl halides is 3. The fraction of sp³-hybridized carbons (Fsp3) is 0.455. The molecule has 0 amide bonds. The molecule has 0 saturated carbocycles. The monoisotopic (exact) mass is 220 g/mol. The van der Waals surface area contributed by atoms with Crippen molar-refractivity contribution in [2.24, 2.45) is 0 Å². The standard InChI is InChI=1S/C11H12F4/c1-10(2,3)7-4-8(11(13,14)15)6-9(12)5-7/h4-6H,1-3H3. The van der Waals surface area contributed by atoms with E-state index in [0.717, 1.165) is 12.1 Å². The van der Waals surface area contributed by atoms with Crippen molar-refractivity contribution in [3.63, 3.8) is 0 Å². The Kier molecular flexibility index (Phi) is 2.81. The van der Waals surface area contributed by atoms with E-state index in [2.05, 4.69) is 0 Å². The van der Waals surface area contributed by atoms with Crippen LogP contribution in [0.4, 0.5) is 17.6 Å². The zero-order valence-electron chi connectivity index (χ0n) is 8.74. The first-order chi connectivity index (χ1) is 6.60. The Balaban J connectivity index is 3.30. The molecule has 0 aliphatic carbocycles. The van der Waals surface area contributed by atoms with Crippen molar-refractivity contribution in [2.45, 2.75) is 32.4 Å². The Labute approximate surface area is 85.9 Å². The van der Waals surface area contributed by atoms with Crippen LogP contribution in [0.3, 0.4) is 0 Å². The van der Waals surface area contributed by atoms with Crippen molar-refractivity contribution in [2.75, 3.05) is 0 Å². The molecule has 1 rings (SSSR count). The molecular formula is C11H12F4. The lowest BCUT2D eigenvalue weighted by molar-refractivity contribution is -0.137. The number of hydrogen-bond acceptors (Lipinski definition) is 0. The first kappa shape index (κ1) is 12.0. The summed E-state index contributed by atoms with van der Waals surface area (Å²) in [5, 5.41) is 0. The zero-order chi connectivity index (χ0) is 11.9. The van der Waals surface area contributed by atoms with Crippen LogP contribution in [-0.4, -0.2) is 0 Å². The summed E-state index contributed by atoms with van der Waals surface area (Å²) in [6.45, 7) is 5.21. The average molecular weight is 220 g/mol.